The first-order chi connectivity index (χ1) is 8.16. The van der Waals surface area contributed by atoms with Crippen LogP contribution in [0.3, 0.4) is 0 Å². The van der Waals surface area contributed by atoms with Crippen LogP contribution in [-0.4, -0.2) is 42.0 Å². The molecule has 1 aromatic rings. The van der Waals surface area contributed by atoms with E-state index in [0.717, 1.165) is 25.9 Å². The zero-order valence-electron chi connectivity index (χ0n) is 9.82. The molecule has 0 bridgehead atoms. The van der Waals surface area contributed by atoms with E-state index in [0.29, 0.717) is 10.6 Å². The van der Waals surface area contributed by atoms with E-state index in [1.807, 2.05) is 0 Å². The number of nitrogens with one attached hydrogen (secondary N) is 1. The van der Waals surface area contributed by atoms with Crippen LogP contribution in [0.5, 0.6) is 0 Å². The predicted molar refractivity (Wildman–Crippen MR) is 67.2 cm³/mol. The summed E-state index contributed by atoms with van der Waals surface area (Å²) in [5, 5.41) is 3.46. The molecule has 0 aliphatic carbocycles. The summed E-state index contributed by atoms with van der Waals surface area (Å²) >= 11 is 5.95. The number of hydrogen-bond acceptors (Lipinski definition) is 3. The van der Waals surface area contributed by atoms with Gasteiger partial charge in [0.2, 0.25) is 0 Å². The van der Waals surface area contributed by atoms with Gasteiger partial charge in [0, 0.05) is 18.4 Å². The average Bonchev–Trinajstić information content (AvgIpc) is 2.32. The maximum Gasteiger partial charge on any atom is 0.254 e. The Hall–Kier alpha value is -1.13. The van der Waals surface area contributed by atoms with Gasteiger partial charge in [0.25, 0.3) is 5.91 Å². The lowest BCUT2D eigenvalue weighted by Gasteiger charge is -2.29. The Kier molecular flexibility index (Phi) is 3.97. The third-order valence-corrected chi connectivity index (χ3v) is 3.40. The summed E-state index contributed by atoms with van der Waals surface area (Å²) in [6.45, 7) is 2.04. The van der Waals surface area contributed by atoms with Crippen molar-refractivity contribution in [2.75, 3.05) is 20.1 Å². The van der Waals surface area contributed by atoms with Gasteiger partial charge >= 0.3 is 0 Å². The molecule has 92 valence electrons. The molecule has 0 saturated carbocycles. The van der Waals surface area contributed by atoms with E-state index < -0.39 is 0 Å². The summed E-state index contributed by atoms with van der Waals surface area (Å²) in [6.07, 6.45) is 5.06. The van der Waals surface area contributed by atoms with Gasteiger partial charge < -0.3 is 10.2 Å². The molecule has 0 atom stereocenters. The fraction of sp³-hybridized carbons (Fsp3) is 0.500. The third kappa shape index (κ3) is 3.17. The number of piperidine rings is 1. The Labute approximate surface area is 106 Å². The predicted octanol–water partition coefficient (Wildman–Crippen LogP) is 1.56. The molecular formula is C12H16ClN3O. The number of nitrogens with zero attached hydrogens (tertiary/aromatic N) is 2. The highest BCUT2D eigenvalue weighted by atomic mass is 35.5. The Morgan fingerprint density at radius 3 is 2.88 bits per heavy atom. The molecule has 2 heterocycles. The number of hydrogen-bond donors (Lipinski definition) is 1. The van der Waals surface area contributed by atoms with Gasteiger partial charge in [-0.3, -0.25) is 9.78 Å². The van der Waals surface area contributed by atoms with Gasteiger partial charge in [-0.25, -0.2) is 0 Å². The third-order valence-electron chi connectivity index (χ3n) is 3.07. The van der Waals surface area contributed by atoms with Gasteiger partial charge in [-0.05, 0) is 39.0 Å². The quantitative estimate of drug-likeness (QED) is 0.870. The number of halogens is 1. The minimum Gasteiger partial charge on any atom is -0.349 e. The highest BCUT2D eigenvalue weighted by molar-refractivity contribution is 6.33. The van der Waals surface area contributed by atoms with Crippen molar-refractivity contribution in [2.45, 2.75) is 18.9 Å². The summed E-state index contributed by atoms with van der Waals surface area (Å²) in [5.41, 5.74) is 0.452. The highest BCUT2D eigenvalue weighted by Crippen LogP contribution is 2.15. The molecule has 1 amide bonds. The standard InChI is InChI=1S/C12H16ClN3O/c1-16-6-3-9(4-7-16)15-12(17)10-8-14-5-2-11(10)13/h2,5,8-9H,3-4,6-7H2,1H3,(H,15,17). The highest BCUT2D eigenvalue weighted by Gasteiger charge is 2.20. The van der Waals surface area contributed by atoms with Crippen molar-refractivity contribution >= 4 is 17.5 Å². The van der Waals surface area contributed by atoms with E-state index in [9.17, 15) is 4.79 Å². The lowest BCUT2D eigenvalue weighted by atomic mass is 10.1. The fourth-order valence-electron chi connectivity index (χ4n) is 1.96. The first kappa shape index (κ1) is 12.3. The molecule has 0 spiro atoms. The van der Waals surface area contributed by atoms with Crippen molar-refractivity contribution in [1.29, 1.82) is 0 Å². The van der Waals surface area contributed by atoms with Gasteiger partial charge in [-0.2, -0.15) is 0 Å². The van der Waals surface area contributed by atoms with Gasteiger partial charge in [-0.1, -0.05) is 11.6 Å². The van der Waals surface area contributed by atoms with Crippen molar-refractivity contribution in [3.05, 3.63) is 29.0 Å². The van der Waals surface area contributed by atoms with Gasteiger partial charge in [-0.15, -0.1) is 0 Å². The SMILES string of the molecule is CN1CCC(NC(=O)c2cnccc2Cl)CC1. The molecule has 1 fully saturated rings. The summed E-state index contributed by atoms with van der Waals surface area (Å²) < 4.78 is 0. The monoisotopic (exact) mass is 253 g/mol. The summed E-state index contributed by atoms with van der Waals surface area (Å²) in [7, 11) is 2.09. The maximum atomic E-state index is 12.0. The summed E-state index contributed by atoms with van der Waals surface area (Å²) in [6, 6.07) is 1.88. The Balaban J connectivity index is 1.96. The number of carbonyl (C=O) groups is 1. The van der Waals surface area contributed by atoms with Crippen molar-refractivity contribution in [2.24, 2.45) is 0 Å². The smallest absolute Gasteiger partial charge is 0.254 e. The Morgan fingerprint density at radius 1 is 1.53 bits per heavy atom. The van der Waals surface area contributed by atoms with Crippen LogP contribution in [0.25, 0.3) is 0 Å². The van der Waals surface area contributed by atoms with Crippen LogP contribution < -0.4 is 5.32 Å². The molecular weight excluding hydrogens is 238 g/mol. The van der Waals surface area contributed by atoms with Crippen molar-refractivity contribution < 1.29 is 4.79 Å². The molecule has 4 nitrogen and oxygen atoms in total. The molecule has 2 rings (SSSR count). The second-order valence-electron chi connectivity index (χ2n) is 4.41. The Bertz CT molecular complexity index is 402. The molecule has 0 unspecified atom stereocenters. The first-order valence-corrected chi connectivity index (χ1v) is 6.13. The number of amides is 1. The molecule has 1 saturated heterocycles. The van der Waals surface area contributed by atoms with Crippen LogP contribution in [0.4, 0.5) is 0 Å². The van der Waals surface area contributed by atoms with Crippen LogP contribution in [0, 0.1) is 0 Å². The number of carbonyl (C=O) groups excluding carboxylic acids is 1. The van der Waals surface area contributed by atoms with Crippen molar-refractivity contribution in [3.8, 4) is 0 Å². The molecule has 1 N–H and O–H groups in total. The Morgan fingerprint density at radius 2 is 2.24 bits per heavy atom. The molecule has 0 aromatic carbocycles. The minimum atomic E-state index is -0.127. The zero-order valence-corrected chi connectivity index (χ0v) is 10.6. The van der Waals surface area contributed by atoms with E-state index in [2.05, 4.69) is 22.2 Å². The number of pyridine rings is 1. The molecule has 0 radical (unpaired) electrons. The van der Waals surface area contributed by atoms with E-state index in [1.165, 1.54) is 6.20 Å². The lowest BCUT2D eigenvalue weighted by Crippen LogP contribution is -2.43. The number of aromatic nitrogens is 1. The largest absolute Gasteiger partial charge is 0.349 e. The average molecular weight is 254 g/mol. The van der Waals surface area contributed by atoms with Crippen LogP contribution >= 0.6 is 11.6 Å². The number of likely N-dealkylation sites (tertiary alicyclic amines) is 1. The van der Waals surface area contributed by atoms with E-state index in [4.69, 9.17) is 11.6 Å². The maximum absolute atomic E-state index is 12.0. The van der Waals surface area contributed by atoms with E-state index >= 15 is 0 Å². The van der Waals surface area contributed by atoms with Crippen LogP contribution in [0.15, 0.2) is 18.5 Å². The number of rotatable bonds is 2. The molecule has 1 aromatic heterocycles. The lowest BCUT2D eigenvalue weighted by molar-refractivity contribution is 0.0916. The van der Waals surface area contributed by atoms with Crippen LogP contribution in [-0.2, 0) is 0 Å². The van der Waals surface area contributed by atoms with Crippen molar-refractivity contribution in [3.63, 3.8) is 0 Å². The summed E-state index contributed by atoms with van der Waals surface area (Å²) in [4.78, 5) is 18.1. The first-order valence-electron chi connectivity index (χ1n) is 5.76. The van der Waals surface area contributed by atoms with Gasteiger partial charge in [0.1, 0.15) is 0 Å². The van der Waals surface area contributed by atoms with E-state index in [1.54, 1.807) is 12.3 Å². The molecule has 5 heteroatoms. The topological polar surface area (TPSA) is 45.2 Å². The molecule has 17 heavy (non-hydrogen) atoms. The van der Waals surface area contributed by atoms with Gasteiger partial charge in [0.15, 0.2) is 0 Å². The zero-order chi connectivity index (χ0) is 12.3. The molecule has 1 aliphatic rings. The van der Waals surface area contributed by atoms with Crippen molar-refractivity contribution in [1.82, 2.24) is 15.2 Å². The van der Waals surface area contributed by atoms with Crippen LogP contribution in [0.2, 0.25) is 5.02 Å². The normalized spacial score (nSPS) is 18.0. The van der Waals surface area contributed by atoms with Crippen LogP contribution in [0.1, 0.15) is 23.2 Å². The minimum absolute atomic E-state index is 0.127. The van der Waals surface area contributed by atoms with E-state index in [-0.39, 0.29) is 11.9 Å². The summed E-state index contributed by atoms with van der Waals surface area (Å²) in [5.74, 6) is -0.127. The molecule has 1 aliphatic heterocycles. The fourth-order valence-corrected chi connectivity index (χ4v) is 2.15. The second-order valence-corrected chi connectivity index (χ2v) is 4.81. The second kappa shape index (κ2) is 5.47. The van der Waals surface area contributed by atoms with Gasteiger partial charge in [0.05, 0.1) is 10.6 Å².